The van der Waals surface area contributed by atoms with Gasteiger partial charge in [0.05, 0.1) is 0 Å². The largest absolute Gasteiger partial charge is 0.373 e. The Balaban J connectivity index is 2.54. The Labute approximate surface area is 94.5 Å². The number of aromatic nitrogens is 4. The molecule has 0 aromatic carbocycles. The predicted molar refractivity (Wildman–Crippen MR) is 63.3 cm³/mol. The second-order valence-corrected chi connectivity index (χ2v) is 3.73. The Bertz CT molecular complexity index is 515. The van der Waals surface area contributed by atoms with E-state index in [1.54, 1.807) is 4.68 Å². The number of nitrogens with zero attached hydrogens (tertiary/aromatic N) is 4. The summed E-state index contributed by atoms with van der Waals surface area (Å²) in [5, 5.41) is 7.36. The fourth-order valence-corrected chi connectivity index (χ4v) is 1.52. The van der Waals surface area contributed by atoms with Crippen LogP contribution in [0.25, 0.3) is 11.5 Å². The lowest BCUT2D eigenvalue weighted by molar-refractivity contribution is 0.768. The molecule has 0 radical (unpaired) electrons. The Morgan fingerprint density at radius 2 is 2.00 bits per heavy atom. The van der Waals surface area contributed by atoms with Crippen LogP contribution in [-0.2, 0) is 7.05 Å². The second-order valence-electron chi connectivity index (χ2n) is 3.73. The van der Waals surface area contributed by atoms with Crippen molar-refractivity contribution >= 4 is 5.82 Å². The number of anilines is 1. The van der Waals surface area contributed by atoms with Crippen LogP contribution in [0.3, 0.4) is 0 Å². The molecule has 16 heavy (non-hydrogen) atoms. The highest BCUT2D eigenvalue weighted by atomic mass is 15.3. The first-order chi connectivity index (χ1) is 7.61. The van der Waals surface area contributed by atoms with Gasteiger partial charge in [0.15, 0.2) is 5.82 Å². The SMILES string of the molecule is CNc1nc(-c2ccn(C)n2)nc(C)c1C. The van der Waals surface area contributed by atoms with Gasteiger partial charge in [0.25, 0.3) is 0 Å². The van der Waals surface area contributed by atoms with Gasteiger partial charge in [-0.2, -0.15) is 5.10 Å². The zero-order valence-corrected chi connectivity index (χ0v) is 9.94. The van der Waals surface area contributed by atoms with E-state index in [1.807, 2.05) is 40.2 Å². The summed E-state index contributed by atoms with van der Waals surface area (Å²) in [5.74, 6) is 1.52. The average Bonchev–Trinajstić information content (AvgIpc) is 2.69. The molecule has 0 fully saturated rings. The van der Waals surface area contributed by atoms with Gasteiger partial charge in [-0.1, -0.05) is 0 Å². The van der Waals surface area contributed by atoms with Gasteiger partial charge >= 0.3 is 0 Å². The summed E-state index contributed by atoms with van der Waals surface area (Å²) >= 11 is 0. The fourth-order valence-electron chi connectivity index (χ4n) is 1.52. The van der Waals surface area contributed by atoms with Crippen LogP contribution in [0.15, 0.2) is 12.3 Å². The molecule has 2 aromatic rings. The first kappa shape index (κ1) is 10.6. The summed E-state index contributed by atoms with van der Waals surface area (Å²) in [6, 6.07) is 1.91. The molecule has 2 heterocycles. The topological polar surface area (TPSA) is 55.6 Å². The van der Waals surface area contributed by atoms with Crippen molar-refractivity contribution in [3.05, 3.63) is 23.5 Å². The van der Waals surface area contributed by atoms with E-state index < -0.39 is 0 Å². The number of hydrogen-bond donors (Lipinski definition) is 1. The smallest absolute Gasteiger partial charge is 0.182 e. The van der Waals surface area contributed by atoms with E-state index >= 15 is 0 Å². The standard InChI is InChI=1S/C11H15N5/c1-7-8(2)13-11(14-10(7)12-3)9-5-6-16(4)15-9/h5-6H,1-4H3,(H,12,13,14). The van der Waals surface area contributed by atoms with E-state index in [1.165, 1.54) is 0 Å². The van der Waals surface area contributed by atoms with Gasteiger partial charge < -0.3 is 5.32 Å². The first-order valence-electron chi connectivity index (χ1n) is 5.15. The van der Waals surface area contributed by atoms with E-state index in [-0.39, 0.29) is 0 Å². The minimum Gasteiger partial charge on any atom is -0.373 e. The van der Waals surface area contributed by atoms with E-state index in [0.29, 0.717) is 5.82 Å². The van der Waals surface area contributed by atoms with Gasteiger partial charge in [0.1, 0.15) is 11.5 Å². The monoisotopic (exact) mass is 217 g/mol. The van der Waals surface area contributed by atoms with Crippen molar-refractivity contribution in [1.29, 1.82) is 0 Å². The summed E-state index contributed by atoms with van der Waals surface area (Å²) in [4.78, 5) is 8.88. The zero-order chi connectivity index (χ0) is 11.7. The molecule has 1 N–H and O–H groups in total. The lowest BCUT2D eigenvalue weighted by Crippen LogP contribution is -2.03. The number of aryl methyl sites for hydroxylation is 2. The van der Waals surface area contributed by atoms with E-state index in [4.69, 9.17) is 0 Å². The van der Waals surface area contributed by atoms with Gasteiger partial charge in [-0.05, 0) is 19.9 Å². The molecule has 0 amide bonds. The van der Waals surface area contributed by atoms with Crippen LogP contribution in [0.2, 0.25) is 0 Å². The van der Waals surface area contributed by atoms with Gasteiger partial charge in [-0.3, -0.25) is 4.68 Å². The third kappa shape index (κ3) is 1.76. The van der Waals surface area contributed by atoms with Crippen molar-refractivity contribution in [3.8, 4) is 11.5 Å². The molecule has 0 unspecified atom stereocenters. The summed E-state index contributed by atoms with van der Waals surface area (Å²) in [6.45, 7) is 3.98. The molecule has 5 nitrogen and oxygen atoms in total. The van der Waals surface area contributed by atoms with Gasteiger partial charge in [-0.15, -0.1) is 0 Å². The summed E-state index contributed by atoms with van der Waals surface area (Å²) in [6.07, 6.45) is 1.88. The molecule has 0 aliphatic carbocycles. The van der Waals surface area contributed by atoms with Crippen LogP contribution < -0.4 is 5.32 Å². The maximum Gasteiger partial charge on any atom is 0.182 e. The maximum absolute atomic E-state index is 4.44. The molecule has 0 aliphatic rings. The molecule has 0 aliphatic heterocycles. The highest BCUT2D eigenvalue weighted by Gasteiger charge is 2.10. The van der Waals surface area contributed by atoms with Crippen molar-refractivity contribution in [2.24, 2.45) is 7.05 Å². The van der Waals surface area contributed by atoms with Crippen LogP contribution in [0, 0.1) is 13.8 Å². The highest BCUT2D eigenvalue weighted by Crippen LogP contribution is 2.19. The molecule has 2 aromatic heterocycles. The molecule has 84 valence electrons. The van der Waals surface area contributed by atoms with Gasteiger partial charge in [0.2, 0.25) is 0 Å². The Morgan fingerprint density at radius 1 is 1.25 bits per heavy atom. The normalized spacial score (nSPS) is 10.5. The van der Waals surface area contributed by atoms with Crippen molar-refractivity contribution < 1.29 is 0 Å². The minimum atomic E-state index is 0.660. The summed E-state index contributed by atoms with van der Waals surface area (Å²) in [5.41, 5.74) is 2.84. The second kappa shape index (κ2) is 3.92. The minimum absolute atomic E-state index is 0.660. The highest BCUT2D eigenvalue weighted by molar-refractivity contribution is 5.55. The molecular formula is C11H15N5. The van der Waals surface area contributed by atoms with Crippen molar-refractivity contribution in [2.75, 3.05) is 12.4 Å². The predicted octanol–water partition coefficient (Wildman–Crippen LogP) is 1.54. The van der Waals surface area contributed by atoms with Crippen LogP contribution in [0.5, 0.6) is 0 Å². The summed E-state index contributed by atoms with van der Waals surface area (Å²) in [7, 11) is 3.74. The number of nitrogens with one attached hydrogen (secondary N) is 1. The van der Waals surface area contributed by atoms with Crippen molar-refractivity contribution in [2.45, 2.75) is 13.8 Å². The lowest BCUT2D eigenvalue weighted by Gasteiger charge is -2.08. The molecule has 2 rings (SSSR count). The third-order valence-corrected chi connectivity index (χ3v) is 2.57. The molecular weight excluding hydrogens is 202 g/mol. The fraction of sp³-hybridized carbons (Fsp3) is 0.364. The molecule has 0 saturated carbocycles. The Morgan fingerprint density at radius 3 is 2.56 bits per heavy atom. The third-order valence-electron chi connectivity index (χ3n) is 2.57. The first-order valence-corrected chi connectivity index (χ1v) is 5.15. The molecule has 0 atom stereocenters. The molecule has 0 spiro atoms. The molecule has 0 bridgehead atoms. The Hall–Kier alpha value is -1.91. The van der Waals surface area contributed by atoms with Crippen LogP contribution in [0.1, 0.15) is 11.3 Å². The quantitative estimate of drug-likeness (QED) is 0.829. The van der Waals surface area contributed by atoms with E-state index in [9.17, 15) is 0 Å². The van der Waals surface area contributed by atoms with Gasteiger partial charge in [0, 0.05) is 31.5 Å². The lowest BCUT2D eigenvalue weighted by atomic mass is 10.2. The molecule has 5 heteroatoms. The molecule has 0 saturated heterocycles. The number of hydrogen-bond acceptors (Lipinski definition) is 4. The summed E-state index contributed by atoms with van der Waals surface area (Å²) < 4.78 is 1.74. The van der Waals surface area contributed by atoms with Crippen LogP contribution >= 0.6 is 0 Å². The van der Waals surface area contributed by atoms with E-state index in [0.717, 1.165) is 22.8 Å². The van der Waals surface area contributed by atoms with Crippen molar-refractivity contribution in [1.82, 2.24) is 19.7 Å². The van der Waals surface area contributed by atoms with Gasteiger partial charge in [-0.25, -0.2) is 9.97 Å². The van der Waals surface area contributed by atoms with Crippen LogP contribution in [-0.4, -0.2) is 26.8 Å². The van der Waals surface area contributed by atoms with E-state index in [2.05, 4.69) is 20.4 Å². The Kier molecular flexibility index (Phi) is 2.60. The average molecular weight is 217 g/mol. The van der Waals surface area contributed by atoms with Crippen LogP contribution in [0.4, 0.5) is 5.82 Å². The maximum atomic E-state index is 4.44. The van der Waals surface area contributed by atoms with Crippen molar-refractivity contribution in [3.63, 3.8) is 0 Å². The zero-order valence-electron chi connectivity index (χ0n) is 9.94. The number of rotatable bonds is 2.